The second kappa shape index (κ2) is 6.60. The molecule has 1 N–H and O–H groups in total. The Morgan fingerprint density at radius 3 is 2.83 bits per heavy atom. The fourth-order valence-corrected chi connectivity index (χ4v) is 4.31. The average molecular weight is 328 g/mol. The summed E-state index contributed by atoms with van der Waals surface area (Å²) in [7, 11) is 1.97. The van der Waals surface area contributed by atoms with E-state index in [4.69, 9.17) is 0 Å². The maximum Gasteiger partial charge on any atom is 0.270 e. The molecule has 2 heterocycles. The number of hydrogen-bond acceptors (Lipinski definition) is 2. The summed E-state index contributed by atoms with van der Waals surface area (Å²) >= 11 is 0. The minimum absolute atomic E-state index is 0.0849. The number of aryl methyl sites for hydroxylation is 2. The van der Waals surface area contributed by atoms with E-state index in [2.05, 4.69) is 26.0 Å². The molecule has 4 heteroatoms. The highest BCUT2D eigenvalue weighted by molar-refractivity contribution is 5.99. The first-order chi connectivity index (χ1) is 11.5. The van der Waals surface area contributed by atoms with Crippen molar-refractivity contribution in [1.29, 1.82) is 0 Å². The van der Waals surface area contributed by atoms with E-state index in [0.29, 0.717) is 6.54 Å². The molecule has 0 aliphatic carbocycles. The third-order valence-corrected chi connectivity index (χ3v) is 5.54. The molecular formula is C20H28N2O2. The summed E-state index contributed by atoms with van der Waals surface area (Å²) in [6.07, 6.45) is 3.99. The van der Waals surface area contributed by atoms with Crippen molar-refractivity contribution in [3.8, 4) is 0 Å². The summed E-state index contributed by atoms with van der Waals surface area (Å²) in [5, 5.41) is 11.0. The van der Waals surface area contributed by atoms with Gasteiger partial charge in [0.15, 0.2) is 0 Å². The maximum atomic E-state index is 13.1. The third kappa shape index (κ3) is 2.84. The van der Waals surface area contributed by atoms with E-state index in [-0.39, 0.29) is 17.9 Å². The number of para-hydroxylation sites is 1. The van der Waals surface area contributed by atoms with Crippen LogP contribution in [0.4, 0.5) is 0 Å². The van der Waals surface area contributed by atoms with Crippen molar-refractivity contribution >= 4 is 16.8 Å². The lowest BCUT2D eigenvalue weighted by Crippen LogP contribution is -2.48. The van der Waals surface area contributed by atoms with Gasteiger partial charge in [0.2, 0.25) is 0 Å². The molecule has 2 aromatic rings. The smallest absolute Gasteiger partial charge is 0.270 e. The number of amides is 1. The predicted molar refractivity (Wildman–Crippen MR) is 97.2 cm³/mol. The van der Waals surface area contributed by atoms with Crippen molar-refractivity contribution in [3.63, 3.8) is 0 Å². The molecule has 0 radical (unpaired) electrons. The zero-order chi connectivity index (χ0) is 17.3. The molecular weight excluding hydrogens is 300 g/mol. The fourth-order valence-electron chi connectivity index (χ4n) is 4.31. The van der Waals surface area contributed by atoms with Gasteiger partial charge in [0.1, 0.15) is 5.69 Å². The molecule has 1 aliphatic rings. The fraction of sp³-hybridized carbons (Fsp3) is 0.550. The predicted octanol–water partition coefficient (Wildman–Crippen LogP) is 3.50. The molecule has 1 aromatic heterocycles. The number of piperidine rings is 1. The Labute approximate surface area is 144 Å². The Morgan fingerprint density at radius 2 is 2.17 bits per heavy atom. The molecule has 0 unspecified atom stereocenters. The van der Waals surface area contributed by atoms with Crippen LogP contribution in [0.25, 0.3) is 10.9 Å². The van der Waals surface area contributed by atoms with Crippen molar-refractivity contribution in [1.82, 2.24) is 9.47 Å². The van der Waals surface area contributed by atoms with E-state index < -0.39 is 0 Å². The highest BCUT2D eigenvalue weighted by Gasteiger charge is 2.36. The number of aliphatic hydroxyl groups is 1. The summed E-state index contributed by atoms with van der Waals surface area (Å²) in [5.41, 5.74) is 2.93. The Hall–Kier alpha value is -1.81. The summed E-state index contributed by atoms with van der Waals surface area (Å²) < 4.78 is 2.02. The molecule has 4 nitrogen and oxygen atoms in total. The van der Waals surface area contributed by atoms with Gasteiger partial charge in [-0.15, -0.1) is 0 Å². The first-order valence-corrected chi connectivity index (χ1v) is 8.96. The molecule has 1 atom stereocenters. The first kappa shape index (κ1) is 17.0. The van der Waals surface area contributed by atoms with Crippen molar-refractivity contribution in [2.45, 2.75) is 39.5 Å². The molecule has 130 valence electrons. The zero-order valence-corrected chi connectivity index (χ0v) is 15.0. The van der Waals surface area contributed by atoms with Gasteiger partial charge in [-0.2, -0.15) is 0 Å². The number of likely N-dealkylation sites (tertiary alicyclic amines) is 1. The normalized spacial score (nSPS) is 21.4. The highest BCUT2D eigenvalue weighted by atomic mass is 16.3. The Kier molecular flexibility index (Phi) is 4.68. The summed E-state index contributed by atoms with van der Waals surface area (Å²) in [6.45, 7) is 5.83. The second-order valence-electron chi connectivity index (χ2n) is 7.34. The number of aromatic nitrogens is 1. The molecule has 24 heavy (non-hydrogen) atoms. The molecule has 1 saturated heterocycles. The summed E-state index contributed by atoms with van der Waals surface area (Å²) in [6, 6.07) is 8.17. The minimum Gasteiger partial charge on any atom is -0.396 e. The Morgan fingerprint density at radius 1 is 1.38 bits per heavy atom. The number of hydrogen-bond donors (Lipinski definition) is 1. The van der Waals surface area contributed by atoms with Gasteiger partial charge in [-0.25, -0.2) is 0 Å². The average Bonchev–Trinajstić information content (AvgIpc) is 2.93. The van der Waals surface area contributed by atoms with Crippen LogP contribution in [0.5, 0.6) is 0 Å². The number of nitrogens with zero attached hydrogens (tertiary/aromatic N) is 2. The van der Waals surface area contributed by atoms with Crippen LogP contribution in [0.3, 0.4) is 0 Å². The highest BCUT2D eigenvalue weighted by Crippen LogP contribution is 2.35. The van der Waals surface area contributed by atoms with Crippen molar-refractivity contribution in [2.75, 3.05) is 19.7 Å². The molecule has 1 amide bonds. The first-order valence-electron chi connectivity index (χ1n) is 8.96. The lowest BCUT2D eigenvalue weighted by atomic mass is 9.77. The molecule has 0 saturated carbocycles. The van der Waals surface area contributed by atoms with E-state index in [9.17, 15) is 9.90 Å². The van der Waals surface area contributed by atoms with Crippen LogP contribution in [0.15, 0.2) is 24.3 Å². The lowest BCUT2D eigenvalue weighted by molar-refractivity contribution is 0.0217. The third-order valence-electron chi connectivity index (χ3n) is 5.54. The van der Waals surface area contributed by atoms with Gasteiger partial charge >= 0.3 is 0 Å². The van der Waals surface area contributed by atoms with Gasteiger partial charge in [-0.05, 0) is 37.8 Å². The van der Waals surface area contributed by atoms with Gasteiger partial charge in [0.25, 0.3) is 5.91 Å². The standard InChI is InChI=1S/C20H28N2O2/c1-4-9-20(14-23)10-6-11-22(13-20)19(24)17-12-16-8-5-7-15(2)18(16)21(17)3/h5,7-8,12,23H,4,6,9-11,13-14H2,1-3H3/t20-/m0/s1. The van der Waals surface area contributed by atoms with Gasteiger partial charge in [0, 0.05) is 30.9 Å². The van der Waals surface area contributed by atoms with Gasteiger partial charge in [0.05, 0.1) is 12.1 Å². The Balaban J connectivity index is 1.92. The van der Waals surface area contributed by atoms with Crippen molar-refractivity contribution < 1.29 is 9.90 Å². The second-order valence-corrected chi connectivity index (χ2v) is 7.34. The lowest BCUT2D eigenvalue weighted by Gasteiger charge is -2.41. The zero-order valence-electron chi connectivity index (χ0n) is 15.0. The molecule has 0 bridgehead atoms. The van der Waals surface area contributed by atoms with E-state index in [1.54, 1.807) is 0 Å². The molecule has 1 aromatic carbocycles. The molecule has 0 spiro atoms. The SMILES string of the molecule is CCC[C@]1(CO)CCCN(C(=O)c2cc3cccc(C)c3n2C)C1. The molecule has 1 aliphatic heterocycles. The monoisotopic (exact) mass is 328 g/mol. The summed E-state index contributed by atoms with van der Waals surface area (Å²) in [5.74, 6) is 0.0849. The van der Waals surface area contributed by atoms with Crippen LogP contribution in [0, 0.1) is 12.3 Å². The quantitative estimate of drug-likeness (QED) is 0.933. The number of carbonyl (C=O) groups is 1. The van der Waals surface area contributed by atoms with Crippen LogP contribution in [-0.2, 0) is 7.05 Å². The van der Waals surface area contributed by atoms with Crippen LogP contribution < -0.4 is 0 Å². The minimum atomic E-state index is -0.122. The largest absolute Gasteiger partial charge is 0.396 e. The number of fused-ring (bicyclic) bond motifs is 1. The van der Waals surface area contributed by atoms with Crippen LogP contribution in [0.2, 0.25) is 0 Å². The van der Waals surface area contributed by atoms with Gasteiger partial charge in [-0.1, -0.05) is 31.5 Å². The van der Waals surface area contributed by atoms with Crippen LogP contribution in [-0.4, -0.2) is 40.2 Å². The van der Waals surface area contributed by atoms with Crippen LogP contribution in [0.1, 0.15) is 48.7 Å². The number of rotatable bonds is 4. The van der Waals surface area contributed by atoms with Gasteiger partial charge < -0.3 is 14.6 Å². The Bertz CT molecular complexity index is 745. The topological polar surface area (TPSA) is 45.5 Å². The van der Waals surface area contributed by atoms with E-state index >= 15 is 0 Å². The molecule has 1 fully saturated rings. The maximum absolute atomic E-state index is 13.1. The van der Waals surface area contributed by atoms with Crippen molar-refractivity contribution in [3.05, 3.63) is 35.5 Å². The van der Waals surface area contributed by atoms with E-state index in [1.165, 1.54) is 5.56 Å². The van der Waals surface area contributed by atoms with E-state index in [1.807, 2.05) is 28.6 Å². The van der Waals surface area contributed by atoms with Crippen LogP contribution >= 0.6 is 0 Å². The van der Waals surface area contributed by atoms with Crippen molar-refractivity contribution in [2.24, 2.45) is 12.5 Å². The molecule has 3 rings (SSSR count). The van der Waals surface area contributed by atoms with E-state index in [0.717, 1.165) is 48.8 Å². The summed E-state index contributed by atoms with van der Waals surface area (Å²) in [4.78, 5) is 15.1. The number of aliphatic hydroxyl groups excluding tert-OH is 1. The number of benzene rings is 1. The number of carbonyl (C=O) groups excluding carboxylic acids is 1. The van der Waals surface area contributed by atoms with Gasteiger partial charge in [-0.3, -0.25) is 4.79 Å².